The van der Waals surface area contributed by atoms with E-state index >= 15 is 0 Å². The minimum absolute atomic E-state index is 0.314. The molecule has 32 heavy (non-hydrogen) atoms. The molecule has 0 heterocycles. The van der Waals surface area contributed by atoms with Crippen molar-refractivity contribution in [1.29, 1.82) is 0 Å². The van der Waals surface area contributed by atoms with Crippen LogP contribution in [0.25, 0.3) is 11.1 Å². The van der Waals surface area contributed by atoms with Crippen LogP contribution in [0.5, 0.6) is 34.5 Å². The fraction of sp³-hybridized carbons (Fsp3) is 0.500. The molecule has 1 aliphatic rings. The van der Waals surface area contributed by atoms with E-state index in [1.807, 2.05) is 13.0 Å². The minimum atomic E-state index is -1.45. The number of benzene rings is 2. The molecular weight excluding hydrogens is 416 g/mol. The van der Waals surface area contributed by atoms with E-state index < -0.39 is 11.7 Å². The van der Waals surface area contributed by atoms with Gasteiger partial charge >= 0.3 is 0 Å². The van der Waals surface area contributed by atoms with Gasteiger partial charge in [0, 0.05) is 11.1 Å². The van der Waals surface area contributed by atoms with Crippen molar-refractivity contribution >= 4 is 0 Å². The van der Waals surface area contributed by atoms with Crippen molar-refractivity contribution < 1.29 is 38.6 Å². The highest BCUT2D eigenvalue weighted by molar-refractivity contribution is 5.88. The lowest BCUT2D eigenvalue weighted by Crippen LogP contribution is -2.41. The monoisotopic (exact) mass is 448 g/mol. The van der Waals surface area contributed by atoms with Crippen LogP contribution < -0.4 is 28.4 Å². The number of methoxy groups -OCH3 is 6. The van der Waals surface area contributed by atoms with Crippen LogP contribution in [0.15, 0.2) is 12.1 Å². The molecule has 0 saturated heterocycles. The number of ether oxygens (including phenoxy) is 6. The molecule has 0 aromatic heterocycles. The molecule has 8 nitrogen and oxygen atoms in total. The Kier molecular flexibility index (Phi) is 6.67. The topological polar surface area (TPSA) is 95.8 Å². The molecule has 0 fully saturated rings. The van der Waals surface area contributed by atoms with Crippen molar-refractivity contribution in [1.82, 2.24) is 0 Å². The summed E-state index contributed by atoms with van der Waals surface area (Å²) in [5.74, 6) is 2.09. The molecule has 0 unspecified atom stereocenters. The summed E-state index contributed by atoms with van der Waals surface area (Å²) in [6.45, 7) is 3.51. The Morgan fingerprint density at radius 2 is 1.22 bits per heavy atom. The van der Waals surface area contributed by atoms with Crippen molar-refractivity contribution in [2.45, 2.75) is 32.0 Å². The first-order valence-electron chi connectivity index (χ1n) is 10.3. The van der Waals surface area contributed by atoms with Crippen LogP contribution >= 0.6 is 0 Å². The average Bonchev–Trinajstić information content (AvgIpc) is 2.80. The molecule has 2 aromatic carbocycles. The van der Waals surface area contributed by atoms with Crippen molar-refractivity contribution in [3.8, 4) is 45.6 Å². The highest BCUT2D eigenvalue weighted by Gasteiger charge is 2.43. The maximum atomic E-state index is 11.4. The second-order valence-corrected chi connectivity index (χ2v) is 8.02. The van der Waals surface area contributed by atoms with Crippen LogP contribution in [0, 0.1) is 5.92 Å². The predicted octanol–water partition coefficient (Wildman–Crippen LogP) is 3.38. The zero-order chi connectivity index (χ0) is 23.8. The number of aliphatic hydroxyl groups is 2. The van der Waals surface area contributed by atoms with Crippen LogP contribution in [-0.4, -0.2) is 58.5 Å². The van der Waals surface area contributed by atoms with Gasteiger partial charge in [-0.3, -0.25) is 0 Å². The Bertz CT molecular complexity index is 998. The van der Waals surface area contributed by atoms with E-state index in [1.54, 1.807) is 27.2 Å². The summed E-state index contributed by atoms with van der Waals surface area (Å²) in [4.78, 5) is 0. The van der Waals surface area contributed by atoms with E-state index in [1.165, 1.54) is 28.4 Å². The lowest BCUT2D eigenvalue weighted by Gasteiger charge is -2.39. The quantitative estimate of drug-likeness (QED) is 0.694. The molecule has 0 spiro atoms. The molecule has 8 heteroatoms. The molecule has 176 valence electrons. The summed E-state index contributed by atoms with van der Waals surface area (Å²) in [5, 5.41) is 22.7. The number of fused-ring (bicyclic) bond motifs is 3. The molecule has 3 rings (SSSR count). The second kappa shape index (κ2) is 8.96. The van der Waals surface area contributed by atoms with Crippen LogP contribution in [0.2, 0.25) is 0 Å². The Hall–Kier alpha value is -2.84. The van der Waals surface area contributed by atoms with Crippen LogP contribution in [0.3, 0.4) is 0 Å². The molecule has 1 aliphatic carbocycles. The summed E-state index contributed by atoms with van der Waals surface area (Å²) < 4.78 is 33.9. The van der Waals surface area contributed by atoms with E-state index in [-0.39, 0.29) is 5.92 Å². The fourth-order valence-corrected chi connectivity index (χ4v) is 4.41. The van der Waals surface area contributed by atoms with Gasteiger partial charge in [-0.15, -0.1) is 0 Å². The lowest BCUT2D eigenvalue weighted by atomic mass is 9.73. The van der Waals surface area contributed by atoms with Gasteiger partial charge in [0.2, 0.25) is 11.5 Å². The van der Waals surface area contributed by atoms with Crippen LogP contribution in [0.4, 0.5) is 0 Å². The van der Waals surface area contributed by atoms with Gasteiger partial charge in [-0.2, -0.15) is 0 Å². The second-order valence-electron chi connectivity index (χ2n) is 8.02. The van der Waals surface area contributed by atoms with E-state index in [4.69, 9.17) is 28.4 Å². The van der Waals surface area contributed by atoms with E-state index in [2.05, 4.69) is 0 Å². The third-order valence-electron chi connectivity index (χ3n) is 6.39. The van der Waals surface area contributed by atoms with Crippen LogP contribution in [0.1, 0.15) is 31.1 Å². The third kappa shape index (κ3) is 3.47. The zero-order valence-electron chi connectivity index (χ0n) is 19.9. The first-order chi connectivity index (χ1) is 15.2. The van der Waals surface area contributed by atoms with Crippen molar-refractivity contribution in [2.75, 3.05) is 42.7 Å². The van der Waals surface area contributed by atoms with E-state index in [0.717, 1.165) is 5.56 Å². The Labute approximate surface area is 188 Å². The molecule has 2 N–H and O–H groups in total. The van der Waals surface area contributed by atoms with Crippen molar-refractivity contribution in [2.24, 2.45) is 5.92 Å². The number of rotatable bonds is 6. The molecule has 0 aliphatic heterocycles. The Balaban J connectivity index is 2.60. The number of hydrogen-bond acceptors (Lipinski definition) is 8. The van der Waals surface area contributed by atoms with Gasteiger partial charge in [0.1, 0.15) is 6.10 Å². The normalized spacial score (nSPS) is 22.1. The SMILES string of the molecule is COc1cc2c(c(OC)c1OC)-c1c(cc(OC)c(OC)c1OC)[C@H](O)[C@@](C)(O)[C@@H](C)C2. The Morgan fingerprint density at radius 1 is 0.750 bits per heavy atom. The summed E-state index contributed by atoms with van der Waals surface area (Å²) in [6.07, 6.45) is -0.806. The third-order valence-corrected chi connectivity index (χ3v) is 6.39. The minimum Gasteiger partial charge on any atom is -0.493 e. The largest absolute Gasteiger partial charge is 0.493 e. The van der Waals surface area contributed by atoms with E-state index in [9.17, 15) is 10.2 Å². The standard InChI is InChI=1S/C24H32O8/c1-12-9-13-10-15(27-3)19(29-5)21(31-7)17(13)18-14(23(25)24(12,2)26)11-16(28-4)20(30-6)22(18)32-8/h10-12,23,25-26H,9H2,1-8H3/t12-,23-,24-/m0/s1. The van der Waals surface area contributed by atoms with Gasteiger partial charge in [-0.05, 0) is 42.5 Å². The first kappa shape index (κ1) is 23.8. The zero-order valence-corrected chi connectivity index (χ0v) is 19.9. The smallest absolute Gasteiger partial charge is 0.203 e. The average molecular weight is 449 g/mol. The van der Waals surface area contributed by atoms with Gasteiger partial charge in [0.05, 0.1) is 48.3 Å². The summed E-state index contributed by atoms with van der Waals surface area (Å²) in [5.41, 5.74) is 1.00. The molecule has 0 amide bonds. The molecular formula is C24H32O8. The molecule has 0 saturated carbocycles. The maximum absolute atomic E-state index is 11.4. The summed E-state index contributed by atoms with van der Waals surface area (Å²) in [7, 11) is 9.15. The van der Waals surface area contributed by atoms with Gasteiger partial charge in [0.15, 0.2) is 23.0 Å². The fourth-order valence-electron chi connectivity index (χ4n) is 4.41. The number of aliphatic hydroxyl groups excluding tert-OH is 1. The van der Waals surface area contributed by atoms with Crippen molar-refractivity contribution in [3.63, 3.8) is 0 Å². The van der Waals surface area contributed by atoms with Gasteiger partial charge < -0.3 is 38.6 Å². The van der Waals surface area contributed by atoms with Crippen LogP contribution in [-0.2, 0) is 6.42 Å². The predicted molar refractivity (Wildman–Crippen MR) is 120 cm³/mol. The molecule has 2 aromatic rings. The molecule has 3 atom stereocenters. The lowest BCUT2D eigenvalue weighted by molar-refractivity contribution is -0.0989. The number of hydrogen-bond donors (Lipinski definition) is 2. The van der Waals surface area contributed by atoms with Gasteiger partial charge in [-0.1, -0.05) is 6.92 Å². The highest BCUT2D eigenvalue weighted by Crippen LogP contribution is 2.57. The van der Waals surface area contributed by atoms with Gasteiger partial charge in [-0.25, -0.2) is 0 Å². The van der Waals surface area contributed by atoms with Crippen molar-refractivity contribution in [3.05, 3.63) is 23.3 Å². The summed E-state index contributed by atoms with van der Waals surface area (Å²) in [6, 6.07) is 3.52. The summed E-state index contributed by atoms with van der Waals surface area (Å²) >= 11 is 0. The highest BCUT2D eigenvalue weighted by atomic mass is 16.5. The first-order valence-corrected chi connectivity index (χ1v) is 10.3. The van der Waals surface area contributed by atoms with Gasteiger partial charge in [0.25, 0.3) is 0 Å². The van der Waals surface area contributed by atoms with E-state index in [0.29, 0.717) is 57.6 Å². The Morgan fingerprint density at radius 3 is 1.69 bits per heavy atom. The molecule has 0 radical (unpaired) electrons. The molecule has 0 bridgehead atoms. The maximum Gasteiger partial charge on any atom is 0.203 e.